The number of carbonyl (C=O) groups excluding carboxylic acids is 1. The SMILES string of the molecule is C=C(CC=C(C)C(=O)O)C(=O)OC.CCCCCCCCCCCCS. The number of allylic oxidation sites excluding steroid dienone is 1. The highest BCUT2D eigenvalue weighted by atomic mass is 32.1. The van der Waals surface area contributed by atoms with Crippen LogP contribution < -0.4 is 0 Å². The van der Waals surface area contributed by atoms with Crippen molar-refractivity contribution in [3.05, 3.63) is 23.8 Å². The molecule has 0 unspecified atom stereocenters. The van der Waals surface area contributed by atoms with Gasteiger partial charge in [-0.1, -0.05) is 77.4 Å². The van der Waals surface area contributed by atoms with Crippen molar-refractivity contribution in [2.24, 2.45) is 0 Å². The van der Waals surface area contributed by atoms with Gasteiger partial charge in [0.2, 0.25) is 0 Å². The van der Waals surface area contributed by atoms with Crippen LogP contribution in [0.3, 0.4) is 0 Å². The summed E-state index contributed by atoms with van der Waals surface area (Å²) in [5.41, 5.74) is 0.424. The number of carboxylic acids is 1. The van der Waals surface area contributed by atoms with E-state index in [1.165, 1.54) is 84.3 Å². The summed E-state index contributed by atoms with van der Waals surface area (Å²) in [4.78, 5) is 21.1. The van der Waals surface area contributed by atoms with E-state index >= 15 is 0 Å². The first-order valence-electron chi connectivity index (χ1n) is 9.67. The summed E-state index contributed by atoms with van der Waals surface area (Å²) in [6, 6.07) is 0. The molecule has 1 N–H and O–H groups in total. The number of hydrogen-bond donors (Lipinski definition) is 2. The molecular weight excluding hydrogens is 348 g/mol. The lowest BCUT2D eigenvalue weighted by molar-refractivity contribution is -0.136. The zero-order valence-electron chi connectivity index (χ0n) is 16.9. The number of rotatable bonds is 14. The maximum atomic E-state index is 10.8. The van der Waals surface area contributed by atoms with E-state index in [1.54, 1.807) is 0 Å². The average Bonchev–Trinajstić information content (AvgIpc) is 2.64. The molecule has 5 heteroatoms. The molecule has 4 nitrogen and oxygen atoms in total. The van der Waals surface area contributed by atoms with Crippen molar-refractivity contribution >= 4 is 24.6 Å². The quantitative estimate of drug-likeness (QED) is 0.167. The first kappa shape index (κ1) is 27.0. The van der Waals surface area contributed by atoms with Crippen LogP contribution in [0.5, 0.6) is 0 Å². The molecule has 0 spiro atoms. The van der Waals surface area contributed by atoms with Crippen LogP contribution in [0.2, 0.25) is 0 Å². The zero-order chi connectivity index (χ0) is 20.2. The van der Waals surface area contributed by atoms with Crippen LogP contribution in [-0.4, -0.2) is 29.9 Å². The summed E-state index contributed by atoms with van der Waals surface area (Å²) in [5, 5.41) is 8.48. The Kier molecular flexibility index (Phi) is 20.9. The highest BCUT2D eigenvalue weighted by molar-refractivity contribution is 7.80. The van der Waals surface area contributed by atoms with Gasteiger partial charge in [0.15, 0.2) is 0 Å². The maximum absolute atomic E-state index is 10.8. The molecule has 0 aromatic heterocycles. The highest BCUT2D eigenvalue weighted by Crippen LogP contribution is 2.10. The molecule has 0 aromatic carbocycles. The van der Waals surface area contributed by atoms with Gasteiger partial charge in [-0.15, -0.1) is 0 Å². The van der Waals surface area contributed by atoms with Crippen molar-refractivity contribution in [1.82, 2.24) is 0 Å². The Morgan fingerprint density at radius 3 is 1.85 bits per heavy atom. The third-order valence-electron chi connectivity index (χ3n) is 3.98. The second kappa shape index (κ2) is 20.1. The Balaban J connectivity index is 0. The van der Waals surface area contributed by atoms with Crippen molar-refractivity contribution in [3.8, 4) is 0 Å². The molecule has 0 radical (unpaired) electrons. The van der Waals surface area contributed by atoms with Crippen LogP contribution in [0, 0.1) is 0 Å². The number of esters is 1. The first-order chi connectivity index (χ1) is 12.4. The van der Waals surface area contributed by atoms with Crippen LogP contribution in [0.15, 0.2) is 23.8 Å². The van der Waals surface area contributed by atoms with E-state index < -0.39 is 11.9 Å². The number of ether oxygens (including phenoxy) is 1. The fourth-order valence-electron chi connectivity index (χ4n) is 2.19. The van der Waals surface area contributed by atoms with Gasteiger partial charge in [-0.25, -0.2) is 9.59 Å². The van der Waals surface area contributed by atoms with Gasteiger partial charge in [-0.3, -0.25) is 0 Å². The molecule has 0 heterocycles. The molecule has 0 saturated heterocycles. The molecule has 0 atom stereocenters. The van der Waals surface area contributed by atoms with E-state index in [-0.39, 0.29) is 17.6 Å². The fraction of sp³-hybridized carbons (Fsp3) is 0.714. The highest BCUT2D eigenvalue weighted by Gasteiger charge is 2.05. The van der Waals surface area contributed by atoms with Crippen molar-refractivity contribution in [3.63, 3.8) is 0 Å². The Labute approximate surface area is 165 Å². The van der Waals surface area contributed by atoms with Crippen molar-refractivity contribution < 1.29 is 19.4 Å². The van der Waals surface area contributed by atoms with Crippen LogP contribution in [0.4, 0.5) is 0 Å². The summed E-state index contributed by atoms with van der Waals surface area (Å²) < 4.78 is 4.39. The molecule has 0 aromatic rings. The topological polar surface area (TPSA) is 63.6 Å². The second-order valence-electron chi connectivity index (χ2n) is 6.40. The van der Waals surface area contributed by atoms with Crippen LogP contribution >= 0.6 is 12.6 Å². The molecular formula is C21H38O4S. The number of hydrogen-bond acceptors (Lipinski definition) is 4. The Bertz CT molecular complexity index is 406. The predicted molar refractivity (Wildman–Crippen MR) is 113 cm³/mol. The van der Waals surface area contributed by atoms with Crippen molar-refractivity contribution in [2.75, 3.05) is 12.9 Å². The summed E-state index contributed by atoms with van der Waals surface area (Å²) in [7, 11) is 1.25. The second-order valence-corrected chi connectivity index (χ2v) is 6.84. The number of thiol groups is 1. The monoisotopic (exact) mass is 386 g/mol. The summed E-state index contributed by atoms with van der Waals surface area (Å²) >= 11 is 4.20. The number of carbonyl (C=O) groups is 2. The maximum Gasteiger partial charge on any atom is 0.333 e. The number of carboxylic acid groups (broad SMARTS) is 1. The van der Waals surface area contributed by atoms with Crippen molar-refractivity contribution in [2.45, 2.75) is 84.5 Å². The third-order valence-corrected chi connectivity index (χ3v) is 4.29. The normalized spacial score (nSPS) is 10.7. The van der Waals surface area contributed by atoms with E-state index in [0.717, 1.165) is 5.75 Å². The van der Waals surface area contributed by atoms with Gasteiger partial charge in [0.25, 0.3) is 0 Å². The van der Waals surface area contributed by atoms with Gasteiger partial charge in [0.05, 0.1) is 7.11 Å². The van der Waals surface area contributed by atoms with Gasteiger partial charge in [-0.05, 0) is 25.5 Å². The van der Waals surface area contributed by atoms with E-state index in [0.29, 0.717) is 0 Å². The molecule has 0 saturated carbocycles. The largest absolute Gasteiger partial charge is 0.478 e. The lowest BCUT2D eigenvalue weighted by Crippen LogP contribution is -2.03. The number of methoxy groups -OCH3 is 1. The molecule has 0 aliphatic carbocycles. The van der Waals surface area contributed by atoms with Gasteiger partial charge in [-0.2, -0.15) is 12.6 Å². The van der Waals surface area contributed by atoms with Gasteiger partial charge >= 0.3 is 11.9 Å². The summed E-state index contributed by atoms with van der Waals surface area (Å²) in [5.74, 6) is -0.455. The minimum atomic E-state index is -1.00. The van der Waals surface area contributed by atoms with E-state index in [9.17, 15) is 9.59 Å². The van der Waals surface area contributed by atoms with E-state index in [1.807, 2.05) is 0 Å². The first-order valence-corrected chi connectivity index (χ1v) is 10.3. The molecule has 26 heavy (non-hydrogen) atoms. The minimum absolute atomic E-state index is 0.185. The minimum Gasteiger partial charge on any atom is -0.478 e. The van der Waals surface area contributed by atoms with Gasteiger partial charge in [0.1, 0.15) is 0 Å². The van der Waals surface area contributed by atoms with Crippen LogP contribution in [0.25, 0.3) is 0 Å². The molecule has 0 bridgehead atoms. The fourth-order valence-corrected chi connectivity index (χ4v) is 2.41. The number of unbranched alkanes of at least 4 members (excludes halogenated alkanes) is 9. The van der Waals surface area contributed by atoms with E-state index in [2.05, 4.69) is 30.9 Å². The Morgan fingerprint density at radius 2 is 1.46 bits per heavy atom. The molecule has 0 aliphatic rings. The predicted octanol–water partition coefficient (Wildman–Crippen LogP) is 5.97. The Morgan fingerprint density at radius 1 is 1.00 bits per heavy atom. The summed E-state index contributed by atoms with van der Waals surface area (Å²) in [6.45, 7) is 7.17. The van der Waals surface area contributed by atoms with E-state index in [4.69, 9.17) is 5.11 Å². The lowest BCUT2D eigenvalue weighted by atomic mass is 10.1. The smallest absolute Gasteiger partial charge is 0.333 e. The Hall–Kier alpha value is -1.23. The summed E-state index contributed by atoms with van der Waals surface area (Å²) in [6.07, 6.45) is 15.8. The molecule has 0 fully saturated rings. The molecule has 0 amide bonds. The number of aliphatic carboxylic acids is 1. The van der Waals surface area contributed by atoms with Crippen LogP contribution in [0.1, 0.15) is 84.5 Å². The standard InChI is InChI=1S/C12H26S.C9H12O4/c1-2-3-4-5-6-7-8-9-10-11-12-13;1-6(8(10)11)4-5-7(2)9(12)13-3/h13H,2-12H2,1H3;4H,2,5H2,1,3H3,(H,10,11). The lowest BCUT2D eigenvalue weighted by Gasteiger charge is -2.00. The molecule has 152 valence electrons. The third kappa shape index (κ3) is 19.1. The molecule has 0 aliphatic heterocycles. The van der Waals surface area contributed by atoms with Crippen molar-refractivity contribution in [1.29, 1.82) is 0 Å². The van der Waals surface area contributed by atoms with Crippen LogP contribution in [-0.2, 0) is 14.3 Å². The average molecular weight is 387 g/mol. The van der Waals surface area contributed by atoms with Gasteiger partial charge < -0.3 is 9.84 Å². The van der Waals surface area contributed by atoms with Gasteiger partial charge in [0, 0.05) is 11.1 Å². The zero-order valence-corrected chi connectivity index (χ0v) is 17.8. The molecule has 0 rings (SSSR count).